The van der Waals surface area contributed by atoms with Gasteiger partial charge >= 0.3 is 0 Å². The third-order valence-electron chi connectivity index (χ3n) is 6.44. The number of benzene rings is 2. The number of aryl methyl sites for hydroxylation is 2. The molecular formula is C24H25FN6O3S. The van der Waals surface area contributed by atoms with Crippen molar-refractivity contribution in [2.24, 2.45) is 0 Å². The molecule has 0 amide bonds. The zero-order valence-electron chi connectivity index (χ0n) is 19.4. The van der Waals surface area contributed by atoms with E-state index in [1.54, 1.807) is 4.68 Å². The van der Waals surface area contributed by atoms with E-state index in [-0.39, 0.29) is 22.9 Å². The maximum absolute atomic E-state index is 13.3. The van der Waals surface area contributed by atoms with E-state index in [0.717, 1.165) is 28.8 Å². The number of fused-ring (bicyclic) bond motifs is 1. The van der Waals surface area contributed by atoms with Gasteiger partial charge in [-0.3, -0.25) is 4.79 Å². The molecule has 1 unspecified atom stereocenters. The number of piperidine rings is 1. The van der Waals surface area contributed by atoms with E-state index in [2.05, 4.69) is 26.3 Å². The number of aromatic amines is 1. The Morgan fingerprint density at radius 2 is 1.91 bits per heavy atom. The van der Waals surface area contributed by atoms with Crippen LogP contribution in [0.2, 0.25) is 0 Å². The quantitative estimate of drug-likeness (QED) is 0.455. The molecule has 2 aromatic heterocycles. The van der Waals surface area contributed by atoms with Crippen molar-refractivity contribution in [2.45, 2.75) is 44.0 Å². The van der Waals surface area contributed by atoms with Crippen LogP contribution in [-0.2, 0) is 16.6 Å². The number of nitrogens with zero attached hydrogens (tertiary/aromatic N) is 5. The zero-order chi connectivity index (χ0) is 24.7. The van der Waals surface area contributed by atoms with Gasteiger partial charge in [0.05, 0.1) is 11.4 Å². The summed E-state index contributed by atoms with van der Waals surface area (Å²) < 4.78 is 42.5. The van der Waals surface area contributed by atoms with Gasteiger partial charge in [0, 0.05) is 19.0 Å². The fourth-order valence-corrected chi connectivity index (χ4v) is 5.98. The highest BCUT2D eigenvalue weighted by Crippen LogP contribution is 2.29. The van der Waals surface area contributed by atoms with Crippen molar-refractivity contribution < 1.29 is 12.8 Å². The molecule has 0 bridgehead atoms. The van der Waals surface area contributed by atoms with Gasteiger partial charge < -0.3 is 4.98 Å². The van der Waals surface area contributed by atoms with Gasteiger partial charge in [-0.15, -0.1) is 5.10 Å². The Kier molecular flexibility index (Phi) is 5.97. The molecule has 182 valence electrons. The lowest BCUT2D eigenvalue weighted by Gasteiger charge is -2.31. The molecular weight excluding hydrogens is 471 g/mol. The van der Waals surface area contributed by atoms with Crippen LogP contribution in [0.15, 0.2) is 52.2 Å². The van der Waals surface area contributed by atoms with Gasteiger partial charge in [-0.2, -0.15) is 4.31 Å². The number of nitrogens with one attached hydrogen (secondary N) is 1. The molecule has 1 atom stereocenters. The van der Waals surface area contributed by atoms with Crippen molar-refractivity contribution in [3.05, 3.63) is 81.2 Å². The number of hydrogen-bond acceptors (Lipinski definition) is 6. The lowest BCUT2D eigenvalue weighted by atomic mass is 9.99. The average Bonchev–Trinajstić information content (AvgIpc) is 3.25. The molecule has 1 aliphatic rings. The summed E-state index contributed by atoms with van der Waals surface area (Å²) >= 11 is 0. The molecule has 1 N–H and O–H groups in total. The Hall–Kier alpha value is -3.44. The third kappa shape index (κ3) is 4.48. The second-order valence-corrected chi connectivity index (χ2v) is 10.9. The molecule has 5 rings (SSSR count). The molecule has 1 aliphatic heterocycles. The van der Waals surface area contributed by atoms with Crippen molar-refractivity contribution in [1.29, 1.82) is 0 Å². The number of hydrogen-bond donors (Lipinski definition) is 1. The van der Waals surface area contributed by atoms with Crippen LogP contribution in [-0.4, -0.2) is 50.8 Å². The van der Waals surface area contributed by atoms with E-state index < -0.39 is 21.4 Å². The first-order valence-electron chi connectivity index (χ1n) is 11.4. The molecule has 35 heavy (non-hydrogen) atoms. The van der Waals surface area contributed by atoms with Crippen LogP contribution in [0.3, 0.4) is 0 Å². The predicted molar refractivity (Wildman–Crippen MR) is 128 cm³/mol. The Labute approximate surface area is 201 Å². The highest BCUT2D eigenvalue weighted by molar-refractivity contribution is 7.89. The largest absolute Gasteiger partial charge is 0.308 e. The van der Waals surface area contributed by atoms with E-state index in [1.807, 2.05) is 26.0 Å². The van der Waals surface area contributed by atoms with Crippen LogP contribution >= 0.6 is 0 Å². The highest BCUT2D eigenvalue weighted by Gasteiger charge is 2.32. The van der Waals surface area contributed by atoms with Gasteiger partial charge in [-0.25, -0.2) is 22.5 Å². The summed E-state index contributed by atoms with van der Waals surface area (Å²) in [5, 5.41) is 8.18. The number of H-pyrrole nitrogens is 1. The molecule has 0 spiro atoms. The summed E-state index contributed by atoms with van der Waals surface area (Å²) in [4.78, 5) is 20.3. The van der Waals surface area contributed by atoms with Gasteiger partial charge in [0.1, 0.15) is 11.6 Å². The summed E-state index contributed by atoms with van der Waals surface area (Å²) in [6, 6.07) is 10.9. The molecule has 0 saturated carbocycles. The minimum absolute atomic E-state index is 0.0345. The molecule has 1 fully saturated rings. The summed E-state index contributed by atoms with van der Waals surface area (Å²) in [6.07, 6.45) is 1.27. The smallest absolute Gasteiger partial charge is 0.281 e. The van der Waals surface area contributed by atoms with Crippen LogP contribution in [0.5, 0.6) is 0 Å². The monoisotopic (exact) mass is 496 g/mol. The minimum atomic E-state index is -3.80. The maximum atomic E-state index is 13.3. The zero-order valence-corrected chi connectivity index (χ0v) is 20.2. The first kappa shape index (κ1) is 23.3. The third-order valence-corrected chi connectivity index (χ3v) is 8.32. The van der Waals surface area contributed by atoms with Crippen molar-refractivity contribution in [2.75, 3.05) is 13.1 Å². The second-order valence-electron chi connectivity index (χ2n) is 8.96. The normalized spacial score (nSPS) is 17.2. The Bertz CT molecular complexity index is 1560. The van der Waals surface area contributed by atoms with Crippen LogP contribution in [0.25, 0.3) is 11.2 Å². The molecule has 0 aliphatic carbocycles. The average molecular weight is 497 g/mol. The van der Waals surface area contributed by atoms with E-state index in [4.69, 9.17) is 0 Å². The van der Waals surface area contributed by atoms with Crippen molar-refractivity contribution in [1.82, 2.24) is 29.3 Å². The van der Waals surface area contributed by atoms with Crippen LogP contribution < -0.4 is 5.56 Å². The minimum Gasteiger partial charge on any atom is -0.308 e. The van der Waals surface area contributed by atoms with Crippen molar-refractivity contribution >= 4 is 21.2 Å². The summed E-state index contributed by atoms with van der Waals surface area (Å²) in [5.74, 6) is -0.396. The molecule has 3 heterocycles. The van der Waals surface area contributed by atoms with Gasteiger partial charge in [0.2, 0.25) is 10.0 Å². The Morgan fingerprint density at radius 3 is 2.69 bits per heavy atom. The fourth-order valence-electron chi connectivity index (χ4n) is 4.45. The topological polar surface area (TPSA) is 114 Å². The molecule has 9 nitrogen and oxygen atoms in total. The SMILES string of the molecule is Cc1ccc(C)c(Cn2nnc3c(=O)[nH]c(C4CCCN(S(=O)(=O)c5ccc(F)cc5)C4)nc32)c1. The van der Waals surface area contributed by atoms with Gasteiger partial charge in [0.25, 0.3) is 5.56 Å². The first-order valence-corrected chi connectivity index (χ1v) is 12.8. The van der Waals surface area contributed by atoms with Crippen LogP contribution in [0.4, 0.5) is 4.39 Å². The number of sulfonamides is 1. The van der Waals surface area contributed by atoms with Crippen molar-refractivity contribution in [3.8, 4) is 0 Å². The van der Waals surface area contributed by atoms with Gasteiger partial charge in [0.15, 0.2) is 11.2 Å². The number of rotatable bonds is 5. The lowest BCUT2D eigenvalue weighted by molar-refractivity contribution is 0.309. The van der Waals surface area contributed by atoms with E-state index in [1.165, 1.54) is 16.4 Å². The van der Waals surface area contributed by atoms with Gasteiger partial charge in [-0.05, 0) is 62.1 Å². The maximum Gasteiger partial charge on any atom is 0.281 e. The number of halogens is 1. The van der Waals surface area contributed by atoms with E-state index in [9.17, 15) is 17.6 Å². The van der Waals surface area contributed by atoms with Crippen molar-refractivity contribution in [3.63, 3.8) is 0 Å². The molecule has 0 radical (unpaired) electrons. The van der Waals surface area contributed by atoms with E-state index in [0.29, 0.717) is 37.4 Å². The first-order chi connectivity index (χ1) is 16.7. The standard InChI is InChI=1S/C24H25FN6O3S/c1-15-5-6-16(2)18(12-15)14-31-23-21(28-29-31)24(32)27-22(26-23)17-4-3-11-30(13-17)35(33,34)20-9-7-19(25)8-10-20/h5-10,12,17H,3-4,11,13-14H2,1-2H3,(H,26,27,32). The molecule has 1 saturated heterocycles. The summed E-state index contributed by atoms with van der Waals surface area (Å²) in [7, 11) is -3.80. The fraction of sp³-hybridized carbons (Fsp3) is 0.333. The number of aromatic nitrogens is 5. The predicted octanol–water partition coefficient (Wildman–Crippen LogP) is 2.89. The Balaban J connectivity index is 1.46. The lowest BCUT2D eigenvalue weighted by Crippen LogP contribution is -2.39. The molecule has 2 aromatic carbocycles. The summed E-state index contributed by atoms with van der Waals surface area (Å²) in [6.45, 7) is 4.94. The van der Waals surface area contributed by atoms with E-state index >= 15 is 0 Å². The van der Waals surface area contributed by atoms with Crippen LogP contribution in [0.1, 0.15) is 41.3 Å². The molecule has 11 heteroatoms. The Morgan fingerprint density at radius 1 is 1.14 bits per heavy atom. The second kappa shape index (κ2) is 8.97. The van der Waals surface area contributed by atoms with Gasteiger partial charge in [-0.1, -0.05) is 29.0 Å². The summed E-state index contributed by atoms with van der Waals surface area (Å²) in [5.41, 5.74) is 3.36. The van der Waals surface area contributed by atoms with Crippen LogP contribution in [0, 0.1) is 19.7 Å². The molecule has 4 aromatic rings. The highest BCUT2D eigenvalue weighted by atomic mass is 32.2.